The van der Waals surface area contributed by atoms with Gasteiger partial charge in [0.1, 0.15) is 0 Å². The molecule has 0 atom stereocenters. The zero-order chi connectivity index (χ0) is 14.7. The zero-order valence-corrected chi connectivity index (χ0v) is 15.6. The van der Waals surface area contributed by atoms with Crippen molar-refractivity contribution >= 4 is 48.2 Å². The van der Waals surface area contributed by atoms with Gasteiger partial charge in [-0.1, -0.05) is 12.1 Å². The van der Waals surface area contributed by atoms with E-state index in [1.807, 2.05) is 23.9 Å². The third-order valence-corrected chi connectivity index (χ3v) is 5.22. The van der Waals surface area contributed by atoms with Crippen molar-refractivity contribution in [2.75, 3.05) is 36.5 Å². The van der Waals surface area contributed by atoms with Crippen LogP contribution in [0, 0.1) is 0 Å². The predicted octanol–water partition coefficient (Wildman–Crippen LogP) is 2.55. The van der Waals surface area contributed by atoms with Gasteiger partial charge < -0.3 is 16.0 Å². The standard InChI is InChI=1S/C16H23N3OS.2ClH/c17-16(6-7-16)15(20)18-14-3-1-13(2-4-14)5-8-19-9-11-21-12-10-19;;/h1-4H,5-12,17H2,(H,18,20);2*1H. The largest absolute Gasteiger partial charge is 0.324 e. The summed E-state index contributed by atoms with van der Waals surface area (Å²) in [5.74, 6) is 2.46. The molecule has 3 N–H and O–H groups in total. The Labute approximate surface area is 154 Å². The van der Waals surface area contributed by atoms with Crippen LogP contribution in [0.4, 0.5) is 5.69 Å². The highest BCUT2D eigenvalue weighted by Gasteiger charge is 2.45. The summed E-state index contributed by atoms with van der Waals surface area (Å²) in [6.45, 7) is 3.53. The van der Waals surface area contributed by atoms with Crippen LogP contribution in [0.25, 0.3) is 0 Å². The zero-order valence-electron chi connectivity index (χ0n) is 13.1. The molecule has 1 aliphatic heterocycles. The van der Waals surface area contributed by atoms with Gasteiger partial charge in [-0.25, -0.2) is 0 Å². The van der Waals surface area contributed by atoms with E-state index < -0.39 is 5.54 Å². The Hall–Kier alpha value is -0.460. The summed E-state index contributed by atoms with van der Waals surface area (Å²) in [4.78, 5) is 14.4. The Morgan fingerprint density at radius 2 is 1.78 bits per heavy atom. The molecular weight excluding hydrogens is 353 g/mol. The Kier molecular flexibility index (Phi) is 8.18. The second-order valence-electron chi connectivity index (χ2n) is 6.01. The minimum Gasteiger partial charge on any atom is -0.324 e. The highest BCUT2D eigenvalue weighted by molar-refractivity contribution is 7.99. The van der Waals surface area contributed by atoms with Gasteiger partial charge in [-0.15, -0.1) is 24.8 Å². The molecule has 0 spiro atoms. The Morgan fingerprint density at radius 3 is 2.35 bits per heavy atom. The smallest absolute Gasteiger partial charge is 0.244 e. The molecule has 1 amide bonds. The predicted molar refractivity (Wildman–Crippen MR) is 103 cm³/mol. The summed E-state index contributed by atoms with van der Waals surface area (Å²) < 4.78 is 0. The molecule has 1 saturated carbocycles. The molecule has 1 heterocycles. The summed E-state index contributed by atoms with van der Waals surface area (Å²) in [6, 6.07) is 8.16. The number of nitrogens with two attached hydrogens (primary N) is 1. The van der Waals surface area contributed by atoms with Crippen LogP contribution >= 0.6 is 36.6 Å². The van der Waals surface area contributed by atoms with Crippen molar-refractivity contribution in [2.24, 2.45) is 5.73 Å². The number of rotatable bonds is 5. The second kappa shape index (κ2) is 9.14. The molecule has 23 heavy (non-hydrogen) atoms. The number of anilines is 1. The molecular formula is C16H25Cl2N3OS. The van der Waals surface area contributed by atoms with E-state index in [2.05, 4.69) is 22.3 Å². The topological polar surface area (TPSA) is 58.4 Å². The minimum atomic E-state index is -0.606. The van der Waals surface area contributed by atoms with Gasteiger partial charge in [-0.05, 0) is 37.0 Å². The van der Waals surface area contributed by atoms with Crippen LogP contribution in [0.5, 0.6) is 0 Å². The highest BCUT2D eigenvalue weighted by Crippen LogP contribution is 2.33. The fraction of sp³-hybridized carbons (Fsp3) is 0.562. The SMILES string of the molecule is Cl.Cl.NC1(C(=O)Nc2ccc(CCN3CCSCC3)cc2)CC1. The number of nitrogens with one attached hydrogen (secondary N) is 1. The molecule has 2 aliphatic rings. The van der Waals surface area contributed by atoms with Crippen LogP contribution in [0.15, 0.2) is 24.3 Å². The quantitative estimate of drug-likeness (QED) is 0.827. The number of carbonyl (C=O) groups is 1. The fourth-order valence-electron chi connectivity index (χ4n) is 2.48. The van der Waals surface area contributed by atoms with Gasteiger partial charge >= 0.3 is 0 Å². The van der Waals surface area contributed by atoms with E-state index in [0.717, 1.165) is 31.5 Å². The van der Waals surface area contributed by atoms with E-state index in [1.165, 1.54) is 30.2 Å². The van der Waals surface area contributed by atoms with E-state index in [4.69, 9.17) is 5.73 Å². The Morgan fingerprint density at radius 1 is 1.17 bits per heavy atom. The van der Waals surface area contributed by atoms with Crippen molar-refractivity contribution in [3.8, 4) is 0 Å². The maximum Gasteiger partial charge on any atom is 0.244 e. The third-order valence-electron chi connectivity index (χ3n) is 4.27. The van der Waals surface area contributed by atoms with E-state index in [9.17, 15) is 4.79 Å². The molecule has 1 aliphatic carbocycles. The number of benzene rings is 1. The first kappa shape index (κ1) is 20.6. The summed E-state index contributed by atoms with van der Waals surface area (Å²) in [5.41, 5.74) is 7.43. The van der Waals surface area contributed by atoms with Crippen LogP contribution in [-0.2, 0) is 11.2 Å². The first-order valence-corrected chi connectivity index (χ1v) is 8.81. The third kappa shape index (κ3) is 5.84. The van der Waals surface area contributed by atoms with E-state index in [-0.39, 0.29) is 30.7 Å². The minimum absolute atomic E-state index is 0. The molecule has 1 aromatic rings. The van der Waals surface area contributed by atoms with E-state index in [0.29, 0.717) is 0 Å². The normalized spacial score (nSPS) is 19.2. The lowest BCUT2D eigenvalue weighted by Gasteiger charge is -2.26. The molecule has 1 aromatic carbocycles. The Bertz CT molecular complexity index is 503. The molecule has 3 rings (SSSR count). The maximum absolute atomic E-state index is 11.9. The van der Waals surface area contributed by atoms with Gasteiger partial charge in [0, 0.05) is 36.8 Å². The lowest BCUT2D eigenvalue weighted by atomic mass is 10.1. The van der Waals surface area contributed by atoms with Crippen LogP contribution in [0.3, 0.4) is 0 Å². The second-order valence-corrected chi connectivity index (χ2v) is 7.24. The summed E-state index contributed by atoms with van der Waals surface area (Å²) in [7, 11) is 0. The first-order valence-electron chi connectivity index (χ1n) is 7.65. The van der Waals surface area contributed by atoms with E-state index in [1.54, 1.807) is 0 Å². The molecule has 0 aromatic heterocycles. The van der Waals surface area contributed by atoms with Crippen molar-refractivity contribution in [2.45, 2.75) is 24.8 Å². The van der Waals surface area contributed by atoms with Gasteiger partial charge in [0.05, 0.1) is 5.54 Å². The summed E-state index contributed by atoms with van der Waals surface area (Å²) in [6.07, 6.45) is 2.66. The van der Waals surface area contributed by atoms with Crippen molar-refractivity contribution in [1.29, 1.82) is 0 Å². The average Bonchev–Trinajstić information content (AvgIpc) is 3.27. The van der Waals surface area contributed by atoms with Crippen LogP contribution in [0.1, 0.15) is 18.4 Å². The molecule has 1 saturated heterocycles. The molecule has 0 bridgehead atoms. The molecule has 0 unspecified atom stereocenters. The molecule has 130 valence electrons. The number of amides is 1. The molecule has 7 heteroatoms. The number of thioether (sulfide) groups is 1. The van der Waals surface area contributed by atoms with Crippen molar-refractivity contribution in [3.63, 3.8) is 0 Å². The maximum atomic E-state index is 11.9. The van der Waals surface area contributed by atoms with Crippen LogP contribution < -0.4 is 11.1 Å². The fourth-order valence-corrected chi connectivity index (χ4v) is 3.46. The molecule has 0 radical (unpaired) electrons. The number of hydrogen-bond acceptors (Lipinski definition) is 4. The molecule has 4 nitrogen and oxygen atoms in total. The van der Waals surface area contributed by atoms with Crippen molar-refractivity contribution in [1.82, 2.24) is 4.90 Å². The first-order chi connectivity index (χ1) is 10.2. The van der Waals surface area contributed by atoms with Gasteiger partial charge in [0.15, 0.2) is 0 Å². The number of hydrogen-bond donors (Lipinski definition) is 2. The lowest BCUT2D eigenvalue weighted by Crippen LogP contribution is -2.37. The van der Waals surface area contributed by atoms with Crippen molar-refractivity contribution in [3.05, 3.63) is 29.8 Å². The summed E-state index contributed by atoms with van der Waals surface area (Å²) >= 11 is 2.04. The number of nitrogens with zero attached hydrogens (tertiary/aromatic N) is 1. The van der Waals surface area contributed by atoms with Gasteiger partial charge in [-0.3, -0.25) is 4.79 Å². The van der Waals surface area contributed by atoms with Crippen LogP contribution in [0.2, 0.25) is 0 Å². The monoisotopic (exact) mass is 377 g/mol. The average molecular weight is 378 g/mol. The van der Waals surface area contributed by atoms with Crippen LogP contribution in [-0.4, -0.2) is 47.5 Å². The van der Waals surface area contributed by atoms with Gasteiger partial charge in [-0.2, -0.15) is 11.8 Å². The number of halogens is 2. The van der Waals surface area contributed by atoms with Crippen molar-refractivity contribution < 1.29 is 4.79 Å². The highest BCUT2D eigenvalue weighted by atomic mass is 35.5. The number of carbonyl (C=O) groups excluding carboxylic acids is 1. The van der Waals surface area contributed by atoms with E-state index >= 15 is 0 Å². The lowest BCUT2D eigenvalue weighted by molar-refractivity contribution is -0.118. The van der Waals surface area contributed by atoms with Gasteiger partial charge in [0.25, 0.3) is 0 Å². The molecule has 2 fully saturated rings. The summed E-state index contributed by atoms with van der Waals surface area (Å²) in [5, 5.41) is 2.90. The van der Waals surface area contributed by atoms with Gasteiger partial charge in [0.2, 0.25) is 5.91 Å². The Balaban J connectivity index is 0.00000132.